The van der Waals surface area contributed by atoms with E-state index in [2.05, 4.69) is 28.0 Å². The Bertz CT molecular complexity index is 701. The molecule has 0 amide bonds. The molecule has 1 atom stereocenters. The molecule has 1 aromatic carbocycles. The van der Waals surface area contributed by atoms with Crippen LogP contribution < -0.4 is 0 Å². The standard InChI is InChI=1S/C14H16ClN3S/c1-3-4-17-8-10-5-11(15)6-12-13(10)18(7-9(17)2)14(19)16-12/h3,5-6,9H,1,4,7-8H2,2H3,(H,16,19). The van der Waals surface area contributed by atoms with E-state index in [4.69, 9.17) is 23.8 Å². The molecule has 0 saturated carbocycles. The third-order valence-electron chi connectivity index (χ3n) is 3.72. The van der Waals surface area contributed by atoms with E-state index < -0.39 is 0 Å². The topological polar surface area (TPSA) is 24.0 Å². The van der Waals surface area contributed by atoms with E-state index in [9.17, 15) is 0 Å². The van der Waals surface area contributed by atoms with Gasteiger partial charge in [0.2, 0.25) is 0 Å². The molecule has 2 heterocycles. The number of imidazole rings is 1. The zero-order valence-corrected chi connectivity index (χ0v) is 12.4. The fourth-order valence-corrected chi connectivity index (χ4v) is 3.33. The number of nitrogens with one attached hydrogen (secondary N) is 1. The monoisotopic (exact) mass is 293 g/mol. The number of hydrogen-bond acceptors (Lipinski definition) is 2. The predicted octanol–water partition coefficient (Wildman–Crippen LogP) is 3.74. The van der Waals surface area contributed by atoms with E-state index in [1.54, 1.807) is 0 Å². The van der Waals surface area contributed by atoms with E-state index >= 15 is 0 Å². The van der Waals surface area contributed by atoms with Crippen molar-refractivity contribution in [3.63, 3.8) is 0 Å². The fourth-order valence-electron chi connectivity index (χ4n) is 2.81. The Morgan fingerprint density at radius 2 is 2.37 bits per heavy atom. The number of benzene rings is 1. The molecule has 0 bridgehead atoms. The summed E-state index contributed by atoms with van der Waals surface area (Å²) >= 11 is 11.6. The van der Waals surface area contributed by atoms with Gasteiger partial charge in [0.15, 0.2) is 4.77 Å². The average molecular weight is 294 g/mol. The normalized spacial score (nSPS) is 19.6. The summed E-state index contributed by atoms with van der Waals surface area (Å²) in [4.78, 5) is 5.64. The van der Waals surface area contributed by atoms with Crippen molar-refractivity contribution in [3.05, 3.63) is 40.1 Å². The molecule has 3 rings (SSSR count). The van der Waals surface area contributed by atoms with Gasteiger partial charge in [-0.05, 0) is 36.8 Å². The van der Waals surface area contributed by atoms with Crippen molar-refractivity contribution in [2.45, 2.75) is 26.1 Å². The smallest absolute Gasteiger partial charge is 0.178 e. The number of rotatable bonds is 2. The number of aromatic nitrogens is 2. The number of H-pyrrole nitrogens is 1. The number of nitrogens with zero attached hydrogens (tertiary/aromatic N) is 2. The number of aromatic amines is 1. The van der Waals surface area contributed by atoms with Crippen molar-refractivity contribution >= 4 is 34.9 Å². The Balaban J connectivity index is 2.23. The van der Waals surface area contributed by atoms with Gasteiger partial charge in [-0.25, -0.2) is 0 Å². The minimum atomic E-state index is 0.412. The Kier molecular flexibility index (Phi) is 3.25. The minimum Gasteiger partial charge on any atom is -0.331 e. The first-order valence-electron chi connectivity index (χ1n) is 6.36. The molecular weight excluding hydrogens is 278 g/mol. The van der Waals surface area contributed by atoms with Gasteiger partial charge in [0.25, 0.3) is 0 Å². The van der Waals surface area contributed by atoms with Gasteiger partial charge in [-0.3, -0.25) is 4.90 Å². The van der Waals surface area contributed by atoms with Crippen LogP contribution in [-0.4, -0.2) is 27.0 Å². The van der Waals surface area contributed by atoms with Crippen molar-refractivity contribution in [3.8, 4) is 0 Å². The van der Waals surface area contributed by atoms with E-state index in [1.165, 1.54) is 11.1 Å². The summed E-state index contributed by atoms with van der Waals surface area (Å²) in [6.07, 6.45) is 1.94. The van der Waals surface area contributed by atoms with Gasteiger partial charge >= 0.3 is 0 Å². The summed E-state index contributed by atoms with van der Waals surface area (Å²) in [7, 11) is 0. The SMILES string of the molecule is C=CCN1Cc2cc(Cl)cc3[nH]c(=S)n(c23)CC1C. The first kappa shape index (κ1) is 12.9. The lowest BCUT2D eigenvalue weighted by atomic mass is 10.1. The minimum absolute atomic E-state index is 0.412. The molecular formula is C14H16ClN3S. The van der Waals surface area contributed by atoms with Crippen LogP contribution in [0.25, 0.3) is 11.0 Å². The average Bonchev–Trinajstić information content (AvgIpc) is 2.56. The molecule has 0 aliphatic carbocycles. The van der Waals surface area contributed by atoms with Gasteiger partial charge in [-0.15, -0.1) is 6.58 Å². The van der Waals surface area contributed by atoms with Crippen LogP contribution in [0, 0.1) is 4.77 Å². The third kappa shape index (κ3) is 2.14. The van der Waals surface area contributed by atoms with Crippen LogP contribution in [0.2, 0.25) is 5.02 Å². The van der Waals surface area contributed by atoms with Gasteiger partial charge in [0.1, 0.15) is 0 Å². The maximum Gasteiger partial charge on any atom is 0.178 e. The van der Waals surface area contributed by atoms with Gasteiger partial charge in [0.05, 0.1) is 11.0 Å². The van der Waals surface area contributed by atoms with E-state index in [0.717, 1.165) is 34.9 Å². The van der Waals surface area contributed by atoms with Crippen molar-refractivity contribution < 1.29 is 0 Å². The Labute approximate surface area is 122 Å². The quantitative estimate of drug-likeness (QED) is 0.674. The van der Waals surface area contributed by atoms with Gasteiger partial charge in [-0.1, -0.05) is 17.7 Å². The maximum atomic E-state index is 6.20. The highest BCUT2D eigenvalue weighted by Gasteiger charge is 2.22. The van der Waals surface area contributed by atoms with Crippen molar-refractivity contribution in [1.29, 1.82) is 0 Å². The second-order valence-electron chi connectivity index (χ2n) is 5.07. The molecule has 0 saturated heterocycles. The Morgan fingerprint density at radius 1 is 1.58 bits per heavy atom. The van der Waals surface area contributed by atoms with Crippen LogP contribution >= 0.6 is 23.8 Å². The first-order chi connectivity index (χ1) is 9.10. The molecule has 5 heteroatoms. The summed E-state index contributed by atoms with van der Waals surface area (Å²) in [5.74, 6) is 0. The lowest BCUT2D eigenvalue weighted by Gasteiger charge is -2.25. The Morgan fingerprint density at radius 3 is 3.11 bits per heavy atom. The first-order valence-corrected chi connectivity index (χ1v) is 7.14. The number of hydrogen-bond donors (Lipinski definition) is 1. The van der Waals surface area contributed by atoms with Crippen LogP contribution in [0.3, 0.4) is 0 Å². The van der Waals surface area contributed by atoms with Crippen LogP contribution in [0.15, 0.2) is 24.8 Å². The highest BCUT2D eigenvalue weighted by atomic mass is 35.5. The molecule has 1 unspecified atom stereocenters. The van der Waals surface area contributed by atoms with Crippen LogP contribution in [0.1, 0.15) is 12.5 Å². The molecule has 0 spiro atoms. The third-order valence-corrected chi connectivity index (χ3v) is 4.26. The predicted molar refractivity (Wildman–Crippen MR) is 82.2 cm³/mol. The highest BCUT2D eigenvalue weighted by molar-refractivity contribution is 7.71. The second kappa shape index (κ2) is 4.78. The Hall–Kier alpha value is -1.10. The molecule has 1 aliphatic heterocycles. The molecule has 1 aromatic heterocycles. The lowest BCUT2D eigenvalue weighted by molar-refractivity contribution is 0.211. The molecule has 0 radical (unpaired) electrons. The summed E-state index contributed by atoms with van der Waals surface area (Å²) < 4.78 is 2.95. The molecule has 2 aromatic rings. The largest absolute Gasteiger partial charge is 0.331 e. The summed E-state index contributed by atoms with van der Waals surface area (Å²) in [6, 6.07) is 4.40. The van der Waals surface area contributed by atoms with Crippen LogP contribution in [0.4, 0.5) is 0 Å². The molecule has 1 aliphatic rings. The van der Waals surface area contributed by atoms with Crippen molar-refractivity contribution in [2.75, 3.05) is 6.54 Å². The summed E-state index contributed by atoms with van der Waals surface area (Å²) in [5.41, 5.74) is 3.44. The van der Waals surface area contributed by atoms with Gasteiger partial charge < -0.3 is 9.55 Å². The lowest BCUT2D eigenvalue weighted by Crippen LogP contribution is -2.34. The maximum absolute atomic E-state index is 6.20. The molecule has 1 N–H and O–H groups in total. The molecule has 3 nitrogen and oxygen atoms in total. The highest BCUT2D eigenvalue weighted by Crippen LogP contribution is 2.28. The van der Waals surface area contributed by atoms with E-state index in [0.29, 0.717) is 6.04 Å². The van der Waals surface area contributed by atoms with Gasteiger partial charge in [-0.2, -0.15) is 0 Å². The van der Waals surface area contributed by atoms with Crippen molar-refractivity contribution in [2.24, 2.45) is 0 Å². The van der Waals surface area contributed by atoms with E-state index in [1.807, 2.05) is 18.2 Å². The molecule has 100 valence electrons. The van der Waals surface area contributed by atoms with E-state index in [-0.39, 0.29) is 0 Å². The molecule has 19 heavy (non-hydrogen) atoms. The number of halogens is 1. The summed E-state index contributed by atoms with van der Waals surface area (Å²) in [5, 5.41) is 0.749. The zero-order valence-electron chi connectivity index (χ0n) is 10.8. The second-order valence-corrected chi connectivity index (χ2v) is 5.89. The molecule has 0 fully saturated rings. The van der Waals surface area contributed by atoms with Crippen LogP contribution in [-0.2, 0) is 13.1 Å². The van der Waals surface area contributed by atoms with Gasteiger partial charge in [0, 0.05) is 30.7 Å². The van der Waals surface area contributed by atoms with Crippen molar-refractivity contribution in [1.82, 2.24) is 14.5 Å². The zero-order chi connectivity index (χ0) is 13.6. The van der Waals surface area contributed by atoms with Crippen LogP contribution in [0.5, 0.6) is 0 Å². The summed E-state index contributed by atoms with van der Waals surface area (Å²) in [6.45, 7) is 8.69. The fraction of sp³-hybridized carbons (Fsp3) is 0.357.